The third kappa shape index (κ3) is 4.17. The van der Waals surface area contributed by atoms with Crippen LogP contribution < -0.4 is 4.90 Å². The number of hydrogen-bond acceptors (Lipinski definition) is 5. The van der Waals surface area contributed by atoms with Crippen LogP contribution in [0.1, 0.15) is 0 Å². The molecule has 5 nitrogen and oxygen atoms in total. The van der Waals surface area contributed by atoms with Gasteiger partial charge in [0.15, 0.2) is 0 Å². The summed E-state index contributed by atoms with van der Waals surface area (Å²) >= 11 is 0. The highest BCUT2D eigenvalue weighted by Gasteiger charge is 2.20. The molecule has 0 radical (unpaired) electrons. The van der Waals surface area contributed by atoms with Gasteiger partial charge in [-0.05, 0) is 60.7 Å². The van der Waals surface area contributed by atoms with Crippen LogP contribution in [0.4, 0.5) is 17.3 Å². The van der Waals surface area contributed by atoms with E-state index in [0.29, 0.717) is 0 Å². The fourth-order valence-corrected chi connectivity index (χ4v) is 6.25. The molecule has 0 saturated carbocycles. The van der Waals surface area contributed by atoms with Crippen LogP contribution >= 0.6 is 0 Å². The Morgan fingerprint density at radius 1 is 0.378 bits per heavy atom. The lowest BCUT2D eigenvalue weighted by Crippen LogP contribution is -2.13. The fraction of sp³-hybridized carbons (Fsp3) is 0. The molecule has 0 spiro atoms. The van der Waals surface area contributed by atoms with Gasteiger partial charge in [0.05, 0.1) is 11.4 Å². The molecule has 0 aliphatic heterocycles. The van der Waals surface area contributed by atoms with Crippen molar-refractivity contribution < 1.29 is 8.83 Å². The van der Waals surface area contributed by atoms with E-state index in [4.69, 9.17) is 18.8 Å². The first kappa shape index (κ1) is 25.3. The molecule has 0 atom stereocenters. The number of pyridine rings is 2. The number of benzene rings is 5. The molecule has 5 heteroatoms. The van der Waals surface area contributed by atoms with E-state index in [-0.39, 0.29) is 0 Å². The largest absolute Gasteiger partial charge is 0.455 e. The summed E-state index contributed by atoms with van der Waals surface area (Å²) in [4.78, 5) is 12.5. The number of fused-ring (bicyclic) bond motifs is 6. The summed E-state index contributed by atoms with van der Waals surface area (Å²) in [7, 11) is 0. The maximum absolute atomic E-state index is 6.35. The zero-order chi connectivity index (χ0) is 29.7. The minimum absolute atomic E-state index is 0.749. The number of nitrogens with zero attached hydrogens (tertiary/aromatic N) is 3. The Balaban J connectivity index is 1.20. The molecule has 45 heavy (non-hydrogen) atoms. The molecule has 4 heterocycles. The van der Waals surface area contributed by atoms with E-state index in [0.717, 1.165) is 83.7 Å². The van der Waals surface area contributed by atoms with Crippen LogP contribution in [0.15, 0.2) is 160 Å². The van der Waals surface area contributed by atoms with Crippen LogP contribution in [0, 0.1) is 0 Å². The standard InChI is InChI=1S/C40H25N3O2/c1-2-12-26(13-3-1)43(37-24-10-20-33(41-37)31-18-8-16-29-27-14-4-6-22-35(27)44-39(29)31)38-25-11-21-34(42-38)32-19-9-17-30-28-15-5-7-23-36(28)45-40(30)32/h1-25H. The molecule has 0 unspecified atom stereocenters. The van der Waals surface area contributed by atoms with E-state index in [1.807, 2.05) is 91.0 Å². The van der Waals surface area contributed by atoms with Crippen molar-refractivity contribution in [1.82, 2.24) is 9.97 Å². The van der Waals surface area contributed by atoms with E-state index in [1.165, 1.54) is 0 Å². The van der Waals surface area contributed by atoms with E-state index in [2.05, 4.69) is 65.6 Å². The van der Waals surface area contributed by atoms with Gasteiger partial charge in [-0.2, -0.15) is 0 Å². The van der Waals surface area contributed by atoms with Crippen molar-refractivity contribution in [1.29, 1.82) is 0 Å². The summed E-state index contributed by atoms with van der Waals surface area (Å²) in [5.74, 6) is 1.50. The van der Waals surface area contributed by atoms with Gasteiger partial charge in [0.25, 0.3) is 0 Å². The zero-order valence-electron chi connectivity index (χ0n) is 24.1. The normalized spacial score (nSPS) is 11.6. The zero-order valence-corrected chi connectivity index (χ0v) is 24.1. The molecule has 0 amide bonds. The van der Waals surface area contributed by atoms with Crippen molar-refractivity contribution in [2.45, 2.75) is 0 Å². The van der Waals surface area contributed by atoms with Gasteiger partial charge in [-0.3, -0.25) is 4.90 Å². The van der Waals surface area contributed by atoms with Crippen LogP contribution in [0.3, 0.4) is 0 Å². The Labute approximate surface area is 258 Å². The quantitative estimate of drug-likeness (QED) is 0.203. The van der Waals surface area contributed by atoms with Gasteiger partial charge >= 0.3 is 0 Å². The number of aromatic nitrogens is 2. The highest BCUT2D eigenvalue weighted by Crippen LogP contribution is 2.39. The summed E-state index contributed by atoms with van der Waals surface area (Å²) < 4.78 is 12.7. The van der Waals surface area contributed by atoms with E-state index < -0.39 is 0 Å². The third-order valence-corrected chi connectivity index (χ3v) is 8.30. The molecule has 9 rings (SSSR count). The Morgan fingerprint density at radius 2 is 0.822 bits per heavy atom. The smallest absolute Gasteiger partial charge is 0.144 e. The summed E-state index contributed by atoms with van der Waals surface area (Å²) in [6.45, 7) is 0. The third-order valence-electron chi connectivity index (χ3n) is 8.30. The highest BCUT2D eigenvalue weighted by molar-refractivity contribution is 6.10. The predicted octanol–water partition coefficient (Wildman–Crippen LogP) is 11.1. The summed E-state index contributed by atoms with van der Waals surface area (Å²) in [6.07, 6.45) is 0. The van der Waals surface area contributed by atoms with Gasteiger partial charge in [-0.25, -0.2) is 9.97 Å². The maximum atomic E-state index is 6.35. The van der Waals surface area contributed by atoms with Crippen molar-refractivity contribution in [2.24, 2.45) is 0 Å². The molecule has 0 fully saturated rings. The molecule has 0 N–H and O–H groups in total. The van der Waals surface area contributed by atoms with E-state index in [9.17, 15) is 0 Å². The monoisotopic (exact) mass is 579 g/mol. The topological polar surface area (TPSA) is 55.3 Å². The van der Waals surface area contributed by atoms with Crippen LogP contribution in [-0.4, -0.2) is 9.97 Å². The van der Waals surface area contributed by atoms with Crippen LogP contribution in [0.5, 0.6) is 0 Å². The van der Waals surface area contributed by atoms with Gasteiger partial charge < -0.3 is 8.83 Å². The molecule has 212 valence electrons. The second-order valence-electron chi connectivity index (χ2n) is 11.0. The Kier molecular flexibility index (Phi) is 5.74. The number of rotatable bonds is 5. The lowest BCUT2D eigenvalue weighted by atomic mass is 10.1. The van der Waals surface area contributed by atoms with Crippen molar-refractivity contribution >= 4 is 61.2 Å². The lowest BCUT2D eigenvalue weighted by Gasteiger charge is -2.24. The van der Waals surface area contributed by atoms with Crippen molar-refractivity contribution in [3.63, 3.8) is 0 Å². The molecular formula is C40H25N3O2. The molecule has 0 saturated heterocycles. The van der Waals surface area contributed by atoms with Crippen LogP contribution in [0.25, 0.3) is 66.4 Å². The van der Waals surface area contributed by atoms with Gasteiger partial charge in [-0.15, -0.1) is 0 Å². The minimum atomic E-state index is 0.749. The van der Waals surface area contributed by atoms with E-state index in [1.54, 1.807) is 0 Å². The first-order chi connectivity index (χ1) is 22.3. The number of para-hydroxylation sites is 5. The molecule has 9 aromatic rings. The average molecular weight is 580 g/mol. The molecule has 0 bridgehead atoms. The summed E-state index contributed by atoms with van der Waals surface area (Å²) in [5, 5.41) is 4.34. The number of anilines is 3. The molecule has 0 aliphatic rings. The second kappa shape index (κ2) is 10.2. The first-order valence-electron chi connectivity index (χ1n) is 14.9. The molecule has 5 aromatic carbocycles. The molecule has 4 aromatic heterocycles. The summed E-state index contributed by atoms with van der Waals surface area (Å²) in [6, 6.07) is 51.1. The Morgan fingerprint density at radius 3 is 1.36 bits per heavy atom. The van der Waals surface area contributed by atoms with Crippen molar-refractivity contribution in [3.05, 3.63) is 152 Å². The van der Waals surface area contributed by atoms with Crippen molar-refractivity contribution in [2.75, 3.05) is 4.90 Å². The maximum Gasteiger partial charge on any atom is 0.144 e. The lowest BCUT2D eigenvalue weighted by molar-refractivity contribution is 0.669. The average Bonchev–Trinajstić information content (AvgIpc) is 3.68. The van der Waals surface area contributed by atoms with Gasteiger partial charge in [0.1, 0.15) is 34.0 Å². The predicted molar refractivity (Wildman–Crippen MR) is 182 cm³/mol. The van der Waals surface area contributed by atoms with Crippen LogP contribution in [-0.2, 0) is 0 Å². The Hall–Kier alpha value is -6.20. The summed E-state index contributed by atoms with van der Waals surface area (Å²) in [5.41, 5.74) is 7.86. The fourth-order valence-electron chi connectivity index (χ4n) is 6.25. The molecule has 0 aliphatic carbocycles. The van der Waals surface area contributed by atoms with Crippen LogP contribution in [0.2, 0.25) is 0 Å². The highest BCUT2D eigenvalue weighted by atomic mass is 16.3. The number of furan rings is 2. The second-order valence-corrected chi connectivity index (χ2v) is 11.0. The molecular weight excluding hydrogens is 554 g/mol. The van der Waals surface area contributed by atoms with Gasteiger partial charge in [0, 0.05) is 38.4 Å². The van der Waals surface area contributed by atoms with Gasteiger partial charge in [0.2, 0.25) is 0 Å². The first-order valence-corrected chi connectivity index (χ1v) is 14.9. The number of hydrogen-bond donors (Lipinski definition) is 0. The minimum Gasteiger partial charge on any atom is -0.455 e. The SMILES string of the molecule is c1ccc(N(c2cccc(-c3cccc4c3oc3ccccc34)n2)c2cccc(-c3cccc4c3oc3ccccc34)n2)cc1. The Bertz CT molecular complexity index is 2350. The van der Waals surface area contributed by atoms with E-state index >= 15 is 0 Å². The van der Waals surface area contributed by atoms with Crippen molar-refractivity contribution in [3.8, 4) is 22.5 Å². The van der Waals surface area contributed by atoms with Gasteiger partial charge in [-0.1, -0.05) is 91.0 Å².